The highest BCUT2D eigenvalue weighted by Gasteiger charge is 2.03. The van der Waals surface area contributed by atoms with Crippen LogP contribution in [0.25, 0.3) is 0 Å². The molecule has 0 radical (unpaired) electrons. The molecule has 19 heavy (non-hydrogen) atoms. The molecule has 0 atom stereocenters. The predicted octanol–water partition coefficient (Wildman–Crippen LogP) is 1.21. The van der Waals surface area contributed by atoms with Crippen LogP contribution in [0.3, 0.4) is 0 Å². The van der Waals surface area contributed by atoms with Crippen molar-refractivity contribution in [1.29, 1.82) is 0 Å². The molecular weight excluding hydrogens is 260 g/mol. The van der Waals surface area contributed by atoms with E-state index in [1.165, 1.54) is 12.2 Å². The average molecular weight is 288 g/mol. The first kappa shape index (κ1) is 18.1. The summed E-state index contributed by atoms with van der Waals surface area (Å²) in [5.74, 6) is 2.03. The molecule has 0 aromatic heterocycles. The smallest absolute Gasteiger partial charge is 0.221 e. The summed E-state index contributed by atoms with van der Waals surface area (Å²) >= 11 is 1.87. The molecule has 0 aliphatic heterocycles. The van der Waals surface area contributed by atoms with Crippen molar-refractivity contribution in [1.82, 2.24) is 16.0 Å². The number of amides is 1. The van der Waals surface area contributed by atoms with Crippen LogP contribution in [0.1, 0.15) is 33.1 Å². The van der Waals surface area contributed by atoms with Crippen LogP contribution in [0.4, 0.5) is 0 Å². The van der Waals surface area contributed by atoms with Gasteiger partial charge in [-0.05, 0) is 38.7 Å². The molecule has 0 saturated heterocycles. The van der Waals surface area contributed by atoms with Crippen molar-refractivity contribution in [3.8, 4) is 0 Å². The van der Waals surface area contributed by atoms with E-state index in [1.54, 1.807) is 7.05 Å². The Kier molecular flexibility index (Phi) is 11.6. The molecule has 0 heterocycles. The third-order valence-corrected chi connectivity index (χ3v) is 3.08. The molecule has 0 saturated carbocycles. The van der Waals surface area contributed by atoms with Gasteiger partial charge in [0.1, 0.15) is 0 Å². The standard InChI is InChI=1S/C13H28N4OS/c1-11(2)17-12(18)7-9-16-13(14-3)15-8-5-6-10-19-4/h11H,5-10H2,1-4H3,(H,17,18)(H2,14,15,16). The lowest BCUT2D eigenvalue weighted by atomic mass is 10.3. The molecular formula is C13H28N4OS. The number of thioether (sulfide) groups is 1. The van der Waals surface area contributed by atoms with E-state index < -0.39 is 0 Å². The third kappa shape index (κ3) is 11.9. The quantitative estimate of drug-likeness (QED) is 0.339. The molecule has 3 N–H and O–H groups in total. The number of carbonyl (C=O) groups excluding carboxylic acids is 1. The highest BCUT2D eigenvalue weighted by Crippen LogP contribution is 1.97. The van der Waals surface area contributed by atoms with E-state index in [0.29, 0.717) is 13.0 Å². The Morgan fingerprint density at radius 3 is 2.47 bits per heavy atom. The number of nitrogens with zero attached hydrogens (tertiary/aromatic N) is 1. The minimum absolute atomic E-state index is 0.0675. The van der Waals surface area contributed by atoms with Gasteiger partial charge in [-0.3, -0.25) is 9.79 Å². The number of hydrogen-bond donors (Lipinski definition) is 3. The molecule has 0 aromatic rings. The van der Waals surface area contributed by atoms with Gasteiger partial charge in [0, 0.05) is 32.6 Å². The molecule has 0 fully saturated rings. The van der Waals surface area contributed by atoms with Crippen molar-refractivity contribution in [2.75, 3.05) is 32.1 Å². The summed E-state index contributed by atoms with van der Waals surface area (Å²) in [6.45, 7) is 5.43. The molecule has 112 valence electrons. The van der Waals surface area contributed by atoms with Gasteiger partial charge in [0.15, 0.2) is 5.96 Å². The number of unbranched alkanes of at least 4 members (excludes halogenated alkanes) is 1. The second-order valence-corrected chi connectivity index (χ2v) is 5.58. The second kappa shape index (κ2) is 12.1. The van der Waals surface area contributed by atoms with Crippen LogP contribution < -0.4 is 16.0 Å². The van der Waals surface area contributed by atoms with E-state index in [1.807, 2.05) is 25.6 Å². The maximum atomic E-state index is 11.4. The number of rotatable bonds is 9. The Bertz CT molecular complexity index is 269. The lowest BCUT2D eigenvalue weighted by Crippen LogP contribution is -2.40. The lowest BCUT2D eigenvalue weighted by molar-refractivity contribution is -0.121. The highest BCUT2D eigenvalue weighted by molar-refractivity contribution is 7.98. The minimum Gasteiger partial charge on any atom is -0.356 e. The first-order valence-electron chi connectivity index (χ1n) is 6.83. The Morgan fingerprint density at radius 2 is 1.89 bits per heavy atom. The first-order chi connectivity index (χ1) is 9.10. The van der Waals surface area contributed by atoms with Crippen LogP contribution in [0, 0.1) is 0 Å². The highest BCUT2D eigenvalue weighted by atomic mass is 32.2. The molecule has 5 nitrogen and oxygen atoms in total. The number of nitrogens with one attached hydrogen (secondary N) is 3. The maximum absolute atomic E-state index is 11.4. The zero-order valence-electron chi connectivity index (χ0n) is 12.6. The summed E-state index contributed by atoms with van der Waals surface area (Å²) in [5.41, 5.74) is 0. The fourth-order valence-corrected chi connectivity index (χ4v) is 1.98. The fraction of sp³-hybridized carbons (Fsp3) is 0.846. The van der Waals surface area contributed by atoms with E-state index in [-0.39, 0.29) is 11.9 Å². The van der Waals surface area contributed by atoms with Crippen LogP contribution >= 0.6 is 11.8 Å². The first-order valence-corrected chi connectivity index (χ1v) is 8.22. The Morgan fingerprint density at radius 1 is 1.21 bits per heavy atom. The number of guanidine groups is 1. The Hall–Kier alpha value is -0.910. The van der Waals surface area contributed by atoms with Gasteiger partial charge < -0.3 is 16.0 Å². The molecule has 0 aliphatic rings. The summed E-state index contributed by atoms with van der Waals surface area (Å²) in [6, 6.07) is 0.196. The van der Waals surface area contributed by atoms with Gasteiger partial charge in [-0.25, -0.2) is 0 Å². The van der Waals surface area contributed by atoms with Crippen LogP contribution in [-0.4, -0.2) is 50.1 Å². The number of carbonyl (C=O) groups is 1. The van der Waals surface area contributed by atoms with E-state index >= 15 is 0 Å². The molecule has 0 bridgehead atoms. The van der Waals surface area contributed by atoms with Crippen LogP contribution in [-0.2, 0) is 4.79 Å². The predicted molar refractivity (Wildman–Crippen MR) is 84.9 cm³/mol. The van der Waals surface area contributed by atoms with Gasteiger partial charge in [-0.1, -0.05) is 0 Å². The molecule has 0 rings (SSSR count). The summed E-state index contributed by atoms with van der Waals surface area (Å²) in [6.07, 6.45) is 4.93. The van der Waals surface area contributed by atoms with Crippen molar-refractivity contribution >= 4 is 23.6 Å². The molecule has 6 heteroatoms. The minimum atomic E-state index is 0.0675. The molecule has 0 aliphatic carbocycles. The summed E-state index contributed by atoms with van der Waals surface area (Å²) in [5, 5.41) is 9.24. The van der Waals surface area contributed by atoms with E-state index in [0.717, 1.165) is 18.9 Å². The van der Waals surface area contributed by atoms with Crippen LogP contribution in [0.15, 0.2) is 4.99 Å². The topological polar surface area (TPSA) is 65.5 Å². The van der Waals surface area contributed by atoms with Crippen molar-refractivity contribution in [2.24, 2.45) is 4.99 Å². The van der Waals surface area contributed by atoms with Gasteiger partial charge in [0.2, 0.25) is 5.91 Å². The van der Waals surface area contributed by atoms with Gasteiger partial charge >= 0.3 is 0 Å². The summed E-state index contributed by atoms with van der Waals surface area (Å²) in [4.78, 5) is 15.6. The second-order valence-electron chi connectivity index (χ2n) is 4.60. The largest absolute Gasteiger partial charge is 0.356 e. The molecule has 0 aromatic carbocycles. The fourth-order valence-electron chi connectivity index (χ4n) is 1.49. The lowest BCUT2D eigenvalue weighted by Gasteiger charge is -2.12. The summed E-state index contributed by atoms with van der Waals surface area (Å²) in [7, 11) is 1.74. The van der Waals surface area contributed by atoms with Gasteiger partial charge in [-0.2, -0.15) is 11.8 Å². The van der Waals surface area contributed by atoms with Crippen molar-refractivity contribution in [3.63, 3.8) is 0 Å². The Labute approximate surface area is 121 Å². The Balaban J connectivity index is 3.63. The number of hydrogen-bond acceptors (Lipinski definition) is 3. The van der Waals surface area contributed by atoms with Crippen LogP contribution in [0.5, 0.6) is 0 Å². The maximum Gasteiger partial charge on any atom is 0.221 e. The zero-order chi connectivity index (χ0) is 14.5. The SMILES string of the molecule is CN=C(NCCCCSC)NCCC(=O)NC(C)C. The molecule has 1 amide bonds. The number of aliphatic imine (C=N–C) groups is 1. The van der Waals surface area contributed by atoms with Gasteiger partial charge in [0.05, 0.1) is 0 Å². The van der Waals surface area contributed by atoms with Crippen LogP contribution in [0.2, 0.25) is 0 Å². The van der Waals surface area contributed by atoms with Crippen molar-refractivity contribution in [2.45, 2.75) is 39.2 Å². The van der Waals surface area contributed by atoms with Crippen molar-refractivity contribution in [3.05, 3.63) is 0 Å². The third-order valence-electron chi connectivity index (χ3n) is 2.39. The van der Waals surface area contributed by atoms with E-state index in [2.05, 4.69) is 27.2 Å². The monoisotopic (exact) mass is 288 g/mol. The average Bonchev–Trinajstić information content (AvgIpc) is 2.35. The normalized spacial score (nSPS) is 11.5. The zero-order valence-corrected chi connectivity index (χ0v) is 13.4. The van der Waals surface area contributed by atoms with Gasteiger partial charge in [0.25, 0.3) is 0 Å². The van der Waals surface area contributed by atoms with Gasteiger partial charge in [-0.15, -0.1) is 0 Å². The van der Waals surface area contributed by atoms with Crippen molar-refractivity contribution < 1.29 is 4.79 Å². The van der Waals surface area contributed by atoms with E-state index in [4.69, 9.17) is 0 Å². The molecule has 0 spiro atoms. The van der Waals surface area contributed by atoms with E-state index in [9.17, 15) is 4.79 Å². The summed E-state index contributed by atoms with van der Waals surface area (Å²) < 4.78 is 0. The molecule has 0 unspecified atom stereocenters.